The molecule has 5 N–H and O–H groups in total. The van der Waals surface area contributed by atoms with Crippen molar-refractivity contribution in [2.45, 2.75) is 105 Å². The number of methoxy groups -OCH3 is 1. The Hall–Kier alpha value is -5.38. The van der Waals surface area contributed by atoms with Crippen molar-refractivity contribution in [1.82, 2.24) is 5.01 Å². The fourth-order valence-corrected chi connectivity index (χ4v) is 9.31. The minimum atomic E-state index is -2.09. The molecule has 0 spiro atoms. The first-order valence-electron chi connectivity index (χ1n) is 22.4. The number of amides is 1. The van der Waals surface area contributed by atoms with Crippen LogP contribution in [0.25, 0.3) is 10.8 Å². The Labute approximate surface area is 389 Å². The van der Waals surface area contributed by atoms with Crippen molar-refractivity contribution >= 4 is 48.4 Å². The van der Waals surface area contributed by atoms with E-state index in [1.54, 1.807) is 44.9 Å². The number of nitrogens with zero attached hydrogens (tertiary/aromatic N) is 3. The van der Waals surface area contributed by atoms with Gasteiger partial charge in [-0.1, -0.05) is 77.2 Å². The van der Waals surface area contributed by atoms with Crippen molar-refractivity contribution < 1.29 is 63.3 Å². The molecule has 4 heterocycles. The van der Waals surface area contributed by atoms with Crippen LogP contribution in [-0.4, -0.2) is 139 Å². The molecule has 0 radical (unpaired) electrons. The lowest BCUT2D eigenvalue weighted by Crippen LogP contribution is -2.56. The summed E-state index contributed by atoms with van der Waals surface area (Å²) in [7, 11) is 2.03. The molecule has 1 fully saturated rings. The fraction of sp³-hybridized carbons (Fsp3) is 0.551. The highest BCUT2D eigenvalue weighted by Gasteiger charge is 2.49. The average Bonchev–Trinajstić information content (AvgIpc) is 3.51. The number of esters is 1. The van der Waals surface area contributed by atoms with Crippen molar-refractivity contribution in [3.05, 3.63) is 52.8 Å². The lowest BCUT2D eigenvalue weighted by atomic mass is 9.78. The number of rotatable bonds is 5. The van der Waals surface area contributed by atoms with Gasteiger partial charge >= 0.3 is 11.8 Å². The number of hydrogen-bond acceptors (Lipinski definition) is 14. The number of benzene rings is 2. The van der Waals surface area contributed by atoms with E-state index in [9.17, 15) is 39.9 Å². The summed E-state index contributed by atoms with van der Waals surface area (Å²) in [4.78, 5) is 40.9. The number of allylic oxidation sites excluding steroid dienone is 2. The first kappa shape index (κ1) is 51.6. The molecule has 17 heteroatoms. The first-order valence-corrected chi connectivity index (χ1v) is 25.9. The van der Waals surface area contributed by atoms with E-state index in [2.05, 4.69) is 48.6 Å². The van der Waals surface area contributed by atoms with Gasteiger partial charge in [0.05, 0.1) is 80.8 Å². The van der Waals surface area contributed by atoms with Gasteiger partial charge in [0, 0.05) is 61.0 Å². The number of anilines is 1. The zero-order valence-electron chi connectivity index (χ0n) is 40.5. The Morgan fingerprint density at radius 1 is 1.05 bits per heavy atom. The lowest BCUT2D eigenvalue weighted by Gasteiger charge is -2.39. The maximum absolute atomic E-state index is 14.6. The van der Waals surface area contributed by atoms with Gasteiger partial charge in [0.25, 0.3) is 11.7 Å². The Bertz CT molecular complexity index is 2390. The number of quaternary nitrogens is 1. The Morgan fingerprint density at radius 3 is 2.30 bits per heavy atom. The smallest absolute Gasteiger partial charge is 0.312 e. The molecule has 0 unspecified atom stereocenters. The maximum Gasteiger partial charge on any atom is 0.312 e. The molecule has 4 aliphatic heterocycles. The molecule has 9 atom stereocenters. The van der Waals surface area contributed by atoms with Gasteiger partial charge in [0.2, 0.25) is 0 Å². The number of phenolic OH excluding ortho intramolecular Hbond substituents is 2. The van der Waals surface area contributed by atoms with Crippen LogP contribution in [0.4, 0.5) is 5.69 Å². The third-order valence-corrected chi connectivity index (χ3v) is 14.0. The van der Waals surface area contributed by atoms with Crippen LogP contribution in [0.15, 0.2) is 41.2 Å². The SMILES string of the molecule is CO[C@H]1/C=C/O[C@@]2(C)Oc3c(C)c([O-])c4c(O)c(c(/C=N/N5CC[N+](C)(CC#C[Si](C)(C)C)CC5)c(O)c4c3C2=O)NC(=O)C(C)=C/C=C/[C@H](C)[C@H](O)[C@@H](C)[C@@H](O)[C@@H](C)[C@H](OC(C)=O)[C@@H]1C. The molecule has 16 nitrogen and oxygen atoms in total. The Kier molecular flexibility index (Phi) is 15.8. The summed E-state index contributed by atoms with van der Waals surface area (Å²) in [5.41, 5.74) is 2.83. The van der Waals surface area contributed by atoms with Crippen LogP contribution in [0.2, 0.25) is 19.6 Å². The van der Waals surface area contributed by atoms with Crippen molar-refractivity contribution in [2.24, 2.45) is 28.8 Å². The molecule has 360 valence electrons. The van der Waals surface area contributed by atoms with Gasteiger partial charge in [-0.15, -0.1) is 5.54 Å². The number of hydrogen-bond donors (Lipinski definition) is 5. The number of phenols is 2. The Morgan fingerprint density at radius 2 is 1.70 bits per heavy atom. The number of aromatic hydroxyl groups is 2. The monoisotopic (exact) mass is 932 g/mol. The van der Waals surface area contributed by atoms with Gasteiger partial charge < -0.3 is 54.3 Å². The summed E-state index contributed by atoms with van der Waals surface area (Å²) in [5, 5.41) is 69.9. The predicted molar refractivity (Wildman–Crippen MR) is 253 cm³/mol. The topological polar surface area (TPSA) is 220 Å². The molecule has 66 heavy (non-hydrogen) atoms. The molecule has 4 aliphatic rings. The minimum absolute atomic E-state index is 0.0583. The number of ether oxygens (including phenoxy) is 4. The third-order valence-electron chi connectivity index (χ3n) is 13.1. The molecule has 1 saturated heterocycles. The standard InChI is InChI=1S/C49H68N4O12Si/c1-27-16-14-17-28(2)48(61)51-39-34(26-50-52-19-22-53(9,23-20-52)21-15-25-66(11,12)13)43(58)36-37(44(39)59)42(57)32(6)46-38(36)47(60)49(8,65-46)63-24-18-35(62-10)29(3)45(64-33(7)54)31(5)41(56)30(4)40(27)55/h14,16-18,24,26-27,29-31,35,40-41,45,55-56H,19-23H2,1-13H3,(H3-,50,51,57,58,59,60,61)/b16-14+,24-18+,28-17?/t27-,29+,30+,31+,35-,40-,41+,45+,49-/m0/s1. The van der Waals surface area contributed by atoms with Crippen molar-refractivity contribution in [2.75, 3.05) is 52.2 Å². The van der Waals surface area contributed by atoms with Crippen LogP contribution in [0, 0.1) is 42.1 Å². The summed E-state index contributed by atoms with van der Waals surface area (Å²) in [6.07, 6.45) is 4.77. The molecular formula is C49H68N4O12Si. The van der Waals surface area contributed by atoms with Crippen LogP contribution >= 0.6 is 0 Å². The zero-order valence-corrected chi connectivity index (χ0v) is 41.5. The molecule has 1 amide bonds. The number of likely N-dealkylation sites (N-methyl/N-ethyl adjacent to an activating group) is 1. The van der Waals surface area contributed by atoms with E-state index in [0.29, 0.717) is 19.6 Å². The van der Waals surface area contributed by atoms with Gasteiger partial charge in [0.15, 0.2) is 0 Å². The van der Waals surface area contributed by atoms with Crippen LogP contribution in [0.3, 0.4) is 0 Å². The van der Waals surface area contributed by atoms with E-state index in [1.165, 1.54) is 59.4 Å². The second kappa shape index (κ2) is 20.2. The molecular weight excluding hydrogens is 865 g/mol. The molecule has 6 rings (SSSR count). The van der Waals surface area contributed by atoms with Crippen molar-refractivity contribution in [3.63, 3.8) is 0 Å². The number of nitrogens with one attached hydrogen (secondary N) is 1. The molecule has 0 aliphatic carbocycles. The van der Waals surface area contributed by atoms with E-state index < -0.39 is 102 Å². The predicted octanol–water partition coefficient (Wildman–Crippen LogP) is 5.10. The van der Waals surface area contributed by atoms with Crippen molar-refractivity contribution in [1.29, 1.82) is 0 Å². The average molecular weight is 933 g/mol. The number of carbonyl (C=O) groups is 3. The second-order valence-electron chi connectivity index (χ2n) is 19.6. The van der Waals surface area contributed by atoms with E-state index in [-0.39, 0.29) is 39.1 Å². The number of ketones is 1. The summed E-state index contributed by atoms with van der Waals surface area (Å²) < 4.78 is 24.4. The summed E-state index contributed by atoms with van der Waals surface area (Å²) in [5.74, 6) is -5.56. The minimum Gasteiger partial charge on any atom is -0.872 e. The molecule has 0 aromatic heterocycles. The quantitative estimate of drug-likeness (QED) is 0.0502. The number of Topliss-reactive ketones (excluding diaryl/α,β-unsaturated/α-hetero) is 1. The van der Waals surface area contributed by atoms with Gasteiger partial charge in [0.1, 0.15) is 38.0 Å². The van der Waals surface area contributed by atoms with Gasteiger partial charge in [-0.2, -0.15) is 5.10 Å². The number of piperazine rings is 1. The highest BCUT2D eigenvalue weighted by molar-refractivity contribution is 6.83. The molecule has 0 saturated carbocycles. The highest BCUT2D eigenvalue weighted by Crippen LogP contribution is 2.54. The molecule has 5 bridgehead atoms. The summed E-state index contributed by atoms with van der Waals surface area (Å²) in [6, 6.07) is 0. The van der Waals surface area contributed by atoms with E-state index in [0.717, 1.165) is 17.6 Å². The third kappa shape index (κ3) is 10.9. The van der Waals surface area contributed by atoms with Crippen LogP contribution in [0.1, 0.15) is 70.0 Å². The lowest BCUT2D eigenvalue weighted by molar-refractivity contribution is -0.906. The number of aliphatic hydroxyl groups is 2. The number of fused-ring (bicyclic) bond motifs is 14. The van der Waals surface area contributed by atoms with E-state index in [4.69, 9.17) is 18.9 Å². The van der Waals surface area contributed by atoms with E-state index >= 15 is 0 Å². The second-order valence-corrected chi connectivity index (χ2v) is 24.3. The summed E-state index contributed by atoms with van der Waals surface area (Å²) >= 11 is 0. The summed E-state index contributed by atoms with van der Waals surface area (Å²) in [6.45, 7) is 22.3. The largest absolute Gasteiger partial charge is 0.872 e. The van der Waals surface area contributed by atoms with E-state index in [1.807, 2.05) is 0 Å². The molecule has 2 aromatic carbocycles. The first-order chi connectivity index (χ1) is 30.8. The highest BCUT2D eigenvalue weighted by atomic mass is 28.3. The number of carbonyl (C=O) groups excluding carboxylic acids is 3. The number of hydrazone groups is 1. The maximum atomic E-state index is 14.6. The number of aliphatic hydroxyl groups excluding tert-OH is 2. The van der Waals surface area contributed by atoms with Gasteiger partial charge in [-0.25, -0.2) is 0 Å². The van der Waals surface area contributed by atoms with Gasteiger partial charge in [-0.3, -0.25) is 19.4 Å². The normalized spacial score (nSPS) is 29.7. The van der Waals surface area contributed by atoms with Crippen LogP contribution < -0.4 is 15.2 Å². The molecule has 2 aromatic rings. The van der Waals surface area contributed by atoms with Crippen molar-refractivity contribution in [3.8, 4) is 34.5 Å². The van der Waals surface area contributed by atoms with Crippen LogP contribution in [0.5, 0.6) is 23.0 Å². The Balaban J connectivity index is 1.66. The zero-order chi connectivity index (χ0) is 49.2. The van der Waals surface area contributed by atoms with Gasteiger partial charge in [-0.05, 0) is 25.5 Å². The van der Waals surface area contributed by atoms with Crippen LogP contribution in [-0.2, 0) is 23.8 Å². The fourth-order valence-electron chi connectivity index (χ4n) is 8.70.